The lowest BCUT2D eigenvalue weighted by Crippen LogP contribution is -2.22. The van der Waals surface area contributed by atoms with Crippen LogP contribution >= 0.6 is 11.8 Å². The van der Waals surface area contributed by atoms with Crippen molar-refractivity contribution in [2.45, 2.75) is 17.9 Å². The lowest BCUT2D eigenvalue weighted by atomic mass is 10.2. The topological polar surface area (TPSA) is 38.0 Å². The smallest absolute Gasteiger partial charge is 0.0714 e. The number of nitrogen functional groups attached to an aromatic ring is 1. The Morgan fingerprint density at radius 1 is 1.58 bits per heavy atom. The van der Waals surface area contributed by atoms with E-state index in [9.17, 15) is 0 Å². The minimum atomic E-state index is 0.521. The molecule has 1 atom stereocenters. The van der Waals surface area contributed by atoms with E-state index in [1.54, 1.807) is 0 Å². The van der Waals surface area contributed by atoms with E-state index in [0.717, 1.165) is 17.1 Å². The number of para-hydroxylation sites is 1. The fourth-order valence-electron chi connectivity index (χ4n) is 1.33. The highest BCUT2D eigenvalue weighted by molar-refractivity contribution is 7.99. The first-order valence-electron chi connectivity index (χ1n) is 4.05. The standard InChI is InChI=1S/C9H12N2S/c1-6-5-12-8-4-2-3-7(10)9(8)11-6/h2-4,6,11H,5,10H2,1H3. The first kappa shape index (κ1) is 7.80. The van der Waals surface area contributed by atoms with Gasteiger partial charge in [-0.2, -0.15) is 0 Å². The molecule has 1 aromatic carbocycles. The Kier molecular flexibility index (Phi) is 1.89. The zero-order chi connectivity index (χ0) is 8.55. The predicted octanol–water partition coefficient (Wildman–Crippen LogP) is 2.17. The van der Waals surface area contributed by atoms with Crippen LogP contribution in [-0.2, 0) is 0 Å². The molecular formula is C9H12N2S. The van der Waals surface area contributed by atoms with E-state index in [1.807, 2.05) is 23.9 Å². The van der Waals surface area contributed by atoms with Crippen LogP contribution in [0.3, 0.4) is 0 Å². The molecule has 3 N–H and O–H groups in total. The van der Waals surface area contributed by atoms with E-state index in [4.69, 9.17) is 5.73 Å². The van der Waals surface area contributed by atoms with Crippen molar-refractivity contribution in [2.24, 2.45) is 0 Å². The molecule has 64 valence electrons. The van der Waals surface area contributed by atoms with Gasteiger partial charge in [0.1, 0.15) is 0 Å². The van der Waals surface area contributed by atoms with Gasteiger partial charge in [0.25, 0.3) is 0 Å². The molecule has 0 radical (unpaired) electrons. The molecule has 1 aliphatic rings. The van der Waals surface area contributed by atoms with Crippen molar-refractivity contribution in [1.82, 2.24) is 0 Å². The Hall–Kier alpha value is -0.830. The molecule has 0 spiro atoms. The fourth-order valence-corrected chi connectivity index (χ4v) is 2.33. The first-order valence-corrected chi connectivity index (χ1v) is 5.04. The highest BCUT2D eigenvalue weighted by Gasteiger charge is 2.15. The van der Waals surface area contributed by atoms with Crippen molar-refractivity contribution >= 4 is 23.1 Å². The molecule has 2 nitrogen and oxygen atoms in total. The molecule has 0 aliphatic carbocycles. The number of hydrogen-bond acceptors (Lipinski definition) is 3. The summed E-state index contributed by atoms with van der Waals surface area (Å²) in [6, 6.07) is 6.56. The lowest BCUT2D eigenvalue weighted by Gasteiger charge is -2.24. The highest BCUT2D eigenvalue weighted by atomic mass is 32.2. The molecule has 1 aromatic rings. The van der Waals surface area contributed by atoms with Crippen LogP contribution in [0.25, 0.3) is 0 Å². The van der Waals surface area contributed by atoms with Crippen LogP contribution in [0.5, 0.6) is 0 Å². The molecule has 0 aromatic heterocycles. The van der Waals surface area contributed by atoms with Gasteiger partial charge in [-0.05, 0) is 19.1 Å². The van der Waals surface area contributed by atoms with E-state index >= 15 is 0 Å². The number of benzene rings is 1. The zero-order valence-corrected chi connectivity index (χ0v) is 7.82. The largest absolute Gasteiger partial charge is 0.397 e. The number of nitrogens with two attached hydrogens (primary N) is 1. The number of anilines is 2. The minimum Gasteiger partial charge on any atom is -0.397 e. The molecule has 0 fully saturated rings. The minimum absolute atomic E-state index is 0.521. The van der Waals surface area contributed by atoms with Crippen LogP contribution in [0.2, 0.25) is 0 Å². The maximum atomic E-state index is 5.83. The Labute approximate surface area is 76.5 Å². The fraction of sp³-hybridized carbons (Fsp3) is 0.333. The van der Waals surface area contributed by atoms with Crippen LogP contribution in [0.4, 0.5) is 11.4 Å². The second-order valence-electron chi connectivity index (χ2n) is 3.08. The molecule has 0 saturated carbocycles. The average molecular weight is 180 g/mol. The van der Waals surface area contributed by atoms with Gasteiger partial charge in [-0.15, -0.1) is 11.8 Å². The molecule has 1 unspecified atom stereocenters. The number of thioether (sulfide) groups is 1. The Balaban J connectivity index is 2.43. The van der Waals surface area contributed by atoms with E-state index < -0.39 is 0 Å². The Morgan fingerprint density at radius 2 is 2.42 bits per heavy atom. The molecule has 1 heterocycles. The number of nitrogens with one attached hydrogen (secondary N) is 1. The summed E-state index contributed by atoms with van der Waals surface area (Å²) in [5.74, 6) is 1.12. The van der Waals surface area contributed by atoms with Crippen molar-refractivity contribution in [3.63, 3.8) is 0 Å². The quantitative estimate of drug-likeness (QED) is 0.601. The molecule has 0 amide bonds. The predicted molar refractivity (Wildman–Crippen MR) is 54.7 cm³/mol. The third-order valence-electron chi connectivity index (χ3n) is 1.94. The second kappa shape index (κ2) is 2.90. The summed E-state index contributed by atoms with van der Waals surface area (Å²) in [4.78, 5) is 1.27. The summed E-state index contributed by atoms with van der Waals surface area (Å²) in [5.41, 5.74) is 7.79. The maximum Gasteiger partial charge on any atom is 0.0714 e. The maximum absolute atomic E-state index is 5.83. The molecular weight excluding hydrogens is 168 g/mol. The number of fused-ring (bicyclic) bond motifs is 1. The van der Waals surface area contributed by atoms with Crippen LogP contribution in [0, 0.1) is 0 Å². The summed E-state index contributed by atoms with van der Waals surface area (Å²) >= 11 is 1.87. The molecule has 3 heteroatoms. The van der Waals surface area contributed by atoms with Crippen LogP contribution < -0.4 is 11.1 Å². The van der Waals surface area contributed by atoms with E-state index in [1.165, 1.54) is 4.90 Å². The summed E-state index contributed by atoms with van der Waals surface area (Å²) in [6.07, 6.45) is 0. The van der Waals surface area contributed by atoms with Gasteiger partial charge in [-0.1, -0.05) is 6.07 Å². The second-order valence-corrected chi connectivity index (χ2v) is 4.14. The van der Waals surface area contributed by atoms with Gasteiger partial charge in [0.2, 0.25) is 0 Å². The molecule has 2 rings (SSSR count). The normalized spacial score (nSPS) is 21.2. The highest BCUT2D eigenvalue weighted by Crippen LogP contribution is 2.36. The third kappa shape index (κ3) is 1.25. The summed E-state index contributed by atoms with van der Waals surface area (Å²) in [7, 11) is 0. The molecule has 0 saturated heterocycles. The van der Waals surface area contributed by atoms with Gasteiger partial charge < -0.3 is 11.1 Å². The summed E-state index contributed by atoms with van der Waals surface area (Å²) in [6.45, 7) is 2.17. The van der Waals surface area contributed by atoms with Gasteiger partial charge in [0, 0.05) is 16.7 Å². The number of rotatable bonds is 0. The van der Waals surface area contributed by atoms with Crippen LogP contribution in [0.1, 0.15) is 6.92 Å². The summed E-state index contributed by atoms with van der Waals surface area (Å²) < 4.78 is 0. The Bertz CT molecular complexity index is 299. The van der Waals surface area contributed by atoms with Gasteiger partial charge in [-0.3, -0.25) is 0 Å². The van der Waals surface area contributed by atoms with Crippen molar-refractivity contribution in [1.29, 1.82) is 0 Å². The van der Waals surface area contributed by atoms with Gasteiger partial charge in [-0.25, -0.2) is 0 Å². The zero-order valence-electron chi connectivity index (χ0n) is 7.00. The van der Waals surface area contributed by atoms with Crippen molar-refractivity contribution in [2.75, 3.05) is 16.8 Å². The Morgan fingerprint density at radius 3 is 3.25 bits per heavy atom. The number of hydrogen-bond donors (Lipinski definition) is 2. The summed E-state index contributed by atoms with van der Waals surface area (Å²) in [5, 5.41) is 3.38. The van der Waals surface area contributed by atoms with Gasteiger partial charge in [0.05, 0.1) is 11.4 Å². The molecule has 1 aliphatic heterocycles. The van der Waals surface area contributed by atoms with Gasteiger partial charge in [0.15, 0.2) is 0 Å². The average Bonchev–Trinajstić information content (AvgIpc) is 2.07. The first-order chi connectivity index (χ1) is 5.77. The van der Waals surface area contributed by atoms with Crippen LogP contribution in [-0.4, -0.2) is 11.8 Å². The SMILES string of the molecule is CC1CSc2cccc(N)c2N1. The van der Waals surface area contributed by atoms with Crippen molar-refractivity contribution in [3.8, 4) is 0 Å². The van der Waals surface area contributed by atoms with E-state index in [2.05, 4.69) is 18.3 Å². The van der Waals surface area contributed by atoms with Crippen molar-refractivity contribution in [3.05, 3.63) is 18.2 Å². The molecule has 12 heavy (non-hydrogen) atoms. The third-order valence-corrected chi connectivity index (χ3v) is 3.26. The van der Waals surface area contributed by atoms with Crippen LogP contribution in [0.15, 0.2) is 23.1 Å². The van der Waals surface area contributed by atoms with E-state index in [0.29, 0.717) is 6.04 Å². The van der Waals surface area contributed by atoms with Gasteiger partial charge >= 0.3 is 0 Å². The van der Waals surface area contributed by atoms with Crippen molar-refractivity contribution < 1.29 is 0 Å². The lowest BCUT2D eigenvalue weighted by molar-refractivity contribution is 0.895. The molecule has 0 bridgehead atoms. The monoisotopic (exact) mass is 180 g/mol. The van der Waals surface area contributed by atoms with E-state index in [-0.39, 0.29) is 0 Å².